The van der Waals surface area contributed by atoms with Gasteiger partial charge in [-0.25, -0.2) is 4.98 Å². The molecule has 3 rings (SSSR count). The molecule has 3 nitrogen and oxygen atoms in total. The van der Waals surface area contributed by atoms with Gasteiger partial charge in [0.1, 0.15) is 5.75 Å². The van der Waals surface area contributed by atoms with Crippen LogP contribution in [-0.4, -0.2) is 18.3 Å². The first-order valence-corrected chi connectivity index (χ1v) is 8.19. The number of fused-ring (bicyclic) bond motifs is 1. The van der Waals surface area contributed by atoms with Crippen molar-refractivity contribution in [2.75, 3.05) is 18.7 Å². The van der Waals surface area contributed by atoms with E-state index in [0.717, 1.165) is 22.1 Å². The number of rotatable bonds is 4. The molecule has 0 bridgehead atoms. The van der Waals surface area contributed by atoms with Gasteiger partial charge >= 0.3 is 0 Å². The minimum Gasteiger partial charge on any atom is -0.497 e. The summed E-state index contributed by atoms with van der Waals surface area (Å²) < 4.78 is 6.42. The van der Waals surface area contributed by atoms with Crippen LogP contribution < -0.4 is 10.1 Å². The summed E-state index contributed by atoms with van der Waals surface area (Å²) in [4.78, 5) is 5.89. The Morgan fingerprint density at radius 2 is 2.05 bits per heavy atom. The maximum Gasteiger partial charge on any atom is 0.188 e. The number of thiazole rings is 1. The molecule has 0 spiro atoms. The Hall–Kier alpha value is -1.72. The van der Waals surface area contributed by atoms with E-state index in [1.54, 1.807) is 30.2 Å². The molecule has 0 radical (unpaired) electrons. The van der Waals surface area contributed by atoms with E-state index in [1.807, 2.05) is 24.3 Å². The van der Waals surface area contributed by atoms with Crippen molar-refractivity contribution in [3.63, 3.8) is 0 Å². The van der Waals surface area contributed by atoms with Crippen molar-refractivity contribution in [1.29, 1.82) is 0 Å². The minimum atomic E-state index is 0.834. The molecule has 5 heteroatoms. The number of nitrogens with one attached hydrogen (secondary N) is 1. The molecule has 1 aromatic heterocycles. The normalized spacial score (nSPS) is 10.7. The fourth-order valence-corrected chi connectivity index (χ4v) is 3.51. The van der Waals surface area contributed by atoms with Crippen LogP contribution in [0.25, 0.3) is 10.2 Å². The maximum atomic E-state index is 5.23. The molecular weight excluding hydrogens is 288 g/mol. The number of hydrogen-bond donors (Lipinski definition) is 1. The van der Waals surface area contributed by atoms with Crippen LogP contribution in [0.5, 0.6) is 5.75 Å². The third kappa shape index (κ3) is 2.59. The number of hydrogen-bond acceptors (Lipinski definition) is 5. The Labute approximate surface area is 126 Å². The number of nitrogens with zero attached hydrogens (tertiary/aromatic N) is 1. The third-order valence-corrected chi connectivity index (χ3v) is 4.63. The summed E-state index contributed by atoms with van der Waals surface area (Å²) in [6, 6.07) is 14.1. The van der Waals surface area contributed by atoms with E-state index < -0.39 is 0 Å². The summed E-state index contributed by atoms with van der Waals surface area (Å²) in [5.41, 5.74) is 2.05. The van der Waals surface area contributed by atoms with Crippen LogP contribution in [0.3, 0.4) is 0 Å². The first-order valence-electron chi connectivity index (χ1n) is 6.15. The predicted molar refractivity (Wildman–Crippen MR) is 87.7 cm³/mol. The molecule has 0 aliphatic heterocycles. The van der Waals surface area contributed by atoms with Gasteiger partial charge in [0.05, 0.1) is 17.3 Å². The molecule has 0 saturated heterocycles. The number of benzene rings is 2. The molecule has 0 aliphatic carbocycles. The second-order valence-corrected chi connectivity index (χ2v) is 6.06. The van der Waals surface area contributed by atoms with Crippen molar-refractivity contribution in [3.8, 4) is 5.75 Å². The van der Waals surface area contributed by atoms with E-state index in [0.29, 0.717) is 0 Å². The van der Waals surface area contributed by atoms with Gasteiger partial charge in [-0.05, 0) is 30.5 Å². The van der Waals surface area contributed by atoms with E-state index in [4.69, 9.17) is 4.74 Å². The first kappa shape index (κ1) is 13.3. The lowest BCUT2D eigenvalue weighted by Gasteiger charge is -2.04. The van der Waals surface area contributed by atoms with Gasteiger partial charge in [0.15, 0.2) is 5.13 Å². The highest BCUT2D eigenvalue weighted by atomic mass is 32.2. The number of ether oxygens (including phenoxy) is 1. The zero-order chi connectivity index (χ0) is 13.9. The van der Waals surface area contributed by atoms with Crippen molar-refractivity contribution >= 4 is 44.1 Å². The molecule has 0 saturated carbocycles. The zero-order valence-corrected chi connectivity index (χ0v) is 12.8. The highest BCUT2D eigenvalue weighted by molar-refractivity contribution is 7.98. The average molecular weight is 302 g/mol. The van der Waals surface area contributed by atoms with E-state index in [1.165, 1.54) is 9.60 Å². The van der Waals surface area contributed by atoms with Gasteiger partial charge in [-0.2, -0.15) is 0 Å². The van der Waals surface area contributed by atoms with Crippen molar-refractivity contribution in [2.45, 2.75) is 4.90 Å². The Kier molecular flexibility index (Phi) is 3.80. The lowest BCUT2D eigenvalue weighted by Crippen LogP contribution is -1.90. The molecular formula is C15H14N2OS2. The lowest BCUT2D eigenvalue weighted by atomic mass is 10.3. The Bertz CT molecular complexity index is 740. The van der Waals surface area contributed by atoms with Gasteiger partial charge in [0.25, 0.3) is 0 Å². The lowest BCUT2D eigenvalue weighted by molar-refractivity contribution is 0.415. The van der Waals surface area contributed by atoms with Crippen LogP contribution in [0.4, 0.5) is 10.8 Å². The number of para-hydroxylation sites is 1. The second kappa shape index (κ2) is 5.73. The van der Waals surface area contributed by atoms with Crippen LogP contribution in [0.15, 0.2) is 47.4 Å². The number of thioether (sulfide) groups is 1. The first-order chi connectivity index (χ1) is 9.80. The molecule has 0 fully saturated rings. The maximum absolute atomic E-state index is 5.23. The molecule has 20 heavy (non-hydrogen) atoms. The SMILES string of the molecule is COc1cccc(Nc2nc3c(SC)cccc3s2)c1. The highest BCUT2D eigenvalue weighted by Gasteiger charge is 2.07. The minimum absolute atomic E-state index is 0.834. The molecule has 2 aromatic carbocycles. The van der Waals surface area contributed by atoms with Crippen LogP contribution >= 0.6 is 23.1 Å². The molecule has 1 heterocycles. The summed E-state index contributed by atoms with van der Waals surface area (Å²) in [5.74, 6) is 0.834. The number of methoxy groups -OCH3 is 1. The van der Waals surface area contributed by atoms with Crippen LogP contribution in [0, 0.1) is 0 Å². The third-order valence-electron chi connectivity index (χ3n) is 2.92. The molecule has 102 valence electrons. The van der Waals surface area contributed by atoms with Gasteiger partial charge in [-0.1, -0.05) is 23.5 Å². The van der Waals surface area contributed by atoms with Crippen molar-refractivity contribution in [2.24, 2.45) is 0 Å². The van der Waals surface area contributed by atoms with Crippen LogP contribution in [-0.2, 0) is 0 Å². The molecule has 0 atom stereocenters. The summed E-state index contributed by atoms with van der Waals surface area (Å²) in [6.07, 6.45) is 2.07. The fourth-order valence-electron chi connectivity index (χ4n) is 1.97. The van der Waals surface area contributed by atoms with E-state index in [2.05, 4.69) is 34.8 Å². The summed E-state index contributed by atoms with van der Waals surface area (Å²) in [5, 5.41) is 4.24. The Balaban J connectivity index is 1.94. The summed E-state index contributed by atoms with van der Waals surface area (Å²) in [7, 11) is 1.67. The fraction of sp³-hybridized carbons (Fsp3) is 0.133. The van der Waals surface area contributed by atoms with Crippen LogP contribution in [0.1, 0.15) is 0 Å². The van der Waals surface area contributed by atoms with Crippen LogP contribution in [0.2, 0.25) is 0 Å². The van der Waals surface area contributed by atoms with Gasteiger partial charge in [0.2, 0.25) is 0 Å². The van der Waals surface area contributed by atoms with E-state index >= 15 is 0 Å². The smallest absolute Gasteiger partial charge is 0.188 e. The standard InChI is InChI=1S/C15H14N2OS2/c1-18-11-6-3-5-10(9-11)16-15-17-14-12(19-2)7-4-8-13(14)20-15/h3-9H,1-2H3,(H,16,17). The molecule has 1 N–H and O–H groups in total. The topological polar surface area (TPSA) is 34.1 Å². The number of aromatic nitrogens is 1. The molecule has 0 aliphatic rings. The van der Waals surface area contributed by atoms with E-state index in [9.17, 15) is 0 Å². The van der Waals surface area contributed by atoms with Crippen molar-refractivity contribution in [1.82, 2.24) is 4.98 Å². The zero-order valence-electron chi connectivity index (χ0n) is 11.2. The van der Waals surface area contributed by atoms with Gasteiger partial charge < -0.3 is 10.1 Å². The van der Waals surface area contributed by atoms with Crippen molar-refractivity contribution < 1.29 is 4.74 Å². The Morgan fingerprint density at radius 3 is 2.85 bits per heavy atom. The van der Waals surface area contributed by atoms with Gasteiger partial charge in [-0.15, -0.1) is 11.8 Å². The summed E-state index contributed by atoms with van der Waals surface area (Å²) in [6.45, 7) is 0. The van der Waals surface area contributed by atoms with Crippen molar-refractivity contribution in [3.05, 3.63) is 42.5 Å². The monoisotopic (exact) mass is 302 g/mol. The highest BCUT2D eigenvalue weighted by Crippen LogP contribution is 2.33. The second-order valence-electron chi connectivity index (χ2n) is 4.18. The van der Waals surface area contributed by atoms with Gasteiger partial charge in [-0.3, -0.25) is 0 Å². The number of anilines is 2. The molecule has 0 unspecified atom stereocenters. The van der Waals surface area contributed by atoms with E-state index in [-0.39, 0.29) is 0 Å². The molecule has 3 aromatic rings. The quantitative estimate of drug-likeness (QED) is 0.704. The molecule has 0 amide bonds. The summed E-state index contributed by atoms with van der Waals surface area (Å²) >= 11 is 3.38. The van der Waals surface area contributed by atoms with Gasteiger partial charge in [0, 0.05) is 16.6 Å². The Morgan fingerprint density at radius 1 is 1.20 bits per heavy atom. The largest absolute Gasteiger partial charge is 0.497 e. The average Bonchev–Trinajstić information content (AvgIpc) is 2.89. The predicted octanol–water partition coefficient (Wildman–Crippen LogP) is 4.77.